The van der Waals surface area contributed by atoms with E-state index in [0.717, 1.165) is 0 Å². The number of halogens is 1. The van der Waals surface area contributed by atoms with Gasteiger partial charge in [0, 0.05) is 0 Å². The van der Waals surface area contributed by atoms with Crippen LogP contribution < -0.4 is 0 Å². The summed E-state index contributed by atoms with van der Waals surface area (Å²) in [6, 6.07) is 0. The maximum atomic E-state index is 11.2. The standard InChI is InChI=1S/C7H10BrNO2S/c1-7(2)6(11)9-4(10)3(8)5(9)12-7/h3,5-6,11H,1-2H3/t3-,5?,6?/m0/s1. The van der Waals surface area contributed by atoms with Gasteiger partial charge in [-0.1, -0.05) is 15.9 Å². The van der Waals surface area contributed by atoms with E-state index in [-0.39, 0.29) is 20.9 Å². The van der Waals surface area contributed by atoms with Gasteiger partial charge in [0.25, 0.3) is 0 Å². The lowest BCUT2D eigenvalue weighted by molar-refractivity contribution is -0.153. The van der Waals surface area contributed by atoms with Crippen molar-refractivity contribution in [2.45, 2.75) is 35.0 Å². The number of carbonyl (C=O) groups excluding carboxylic acids is 1. The van der Waals surface area contributed by atoms with Crippen LogP contribution in [0.4, 0.5) is 0 Å². The second-order valence-corrected chi connectivity index (χ2v) is 6.39. The molecule has 3 nitrogen and oxygen atoms in total. The molecule has 0 saturated carbocycles. The van der Waals surface area contributed by atoms with Crippen LogP contribution in [0, 0.1) is 0 Å². The lowest BCUT2D eigenvalue weighted by Crippen LogP contribution is -2.61. The second kappa shape index (κ2) is 2.39. The molecule has 2 aliphatic heterocycles. The van der Waals surface area contributed by atoms with Gasteiger partial charge in [0.05, 0.1) is 4.75 Å². The van der Waals surface area contributed by atoms with Gasteiger partial charge in [-0.15, -0.1) is 11.8 Å². The van der Waals surface area contributed by atoms with Crippen LogP contribution in [0.3, 0.4) is 0 Å². The number of rotatable bonds is 0. The van der Waals surface area contributed by atoms with Crippen molar-refractivity contribution in [2.75, 3.05) is 0 Å². The zero-order chi connectivity index (χ0) is 9.09. The highest BCUT2D eigenvalue weighted by Crippen LogP contribution is 2.51. The molecule has 0 radical (unpaired) electrons. The molecule has 2 saturated heterocycles. The van der Waals surface area contributed by atoms with Crippen molar-refractivity contribution in [3.05, 3.63) is 0 Å². The van der Waals surface area contributed by atoms with Crippen LogP contribution in [0.1, 0.15) is 13.8 Å². The minimum absolute atomic E-state index is 0.00516. The number of aliphatic hydroxyl groups is 1. The van der Waals surface area contributed by atoms with Gasteiger partial charge < -0.3 is 10.0 Å². The maximum absolute atomic E-state index is 11.2. The number of hydrogen-bond acceptors (Lipinski definition) is 3. The first-order valence-electron chi connectivity index (χ1n) is 3.77. The molecule has 1 N–H and O–H groups in total. The number of aliphatic hydroxyl groups excluding tert-OH is 1. The smallest absolute Gasteiger partial charge is 0.242 e. The van der Waals surface area contributed by atoms with Crippen LogP contribution in [-0.2, 0) is 4.79 Å². The molecule has 0 bridgehead atoms. The van der Waals surface area contributed by atoms with Crippen LogP contribution >= 0.6 is 27.7 Å². The highest BCUT2D eigenvalue weighted by atomic mass is 79.9. The van der Waals surface area contributed by atoms with Crippen molar-refractivity contribution in [3.8, 4) is 0 Å². The van der Waals surface area contributed by atoms with E-state index in [1.54, 1.807) is 16.7 Å². The Hall–Kier alpha value is 0.260. The average Bonchev–Trinajstić information content (AvgIpc) is 2.21. The summed E-state index contributed by atoms with van der Waals surface area (Å²) in [6.45, 7) is 3.90. The van der Waals surface area contributed by atoms with E-state index in [1.165, 1.54) is 0 Å². The predicted octanol–water partition coefficient (Wildman–Crippen LogP) is 0.762. The molecule has 2 heterocycles. The first-order chi connectivity index (χ1) is 5.45. The zero-order valence-corrected chi connectivity index (χ0v) is 9.22. The fourth-order valence-electron chi connectivity index (χ4n) is 1.53. The summed E-state index contributed by atoms with van der Waals surface area (Å²) < 4.78 is -0.233. The number of amides is 1. The first kappa shape index (κ1) is 8.84. The maximum Gasteiger partial charge on any atom is 0.242 e. The number of nitrogens with zero attached hydrogens (tertiary/aromatic N) is 1. The molecule has 12 heavy (non-hydrogen) atoms. The van der Waals surface area contributed by atoms with Gasteiger partial charge in [-0.05, 0) is 13.8 Å². The van der Waals surface area contributed by atoms with Crippen molar-refractivity contribution >= 4 is 33.6 Å². The molecule has 0 aromatic rings. The summed E-state index contributed by atoms with van der Waals surface area (Å²) in [5, 5.41) is 9.83. The molecular formula is C7H10BrNO2S. The normalized spacial score (nSPS) is 44.2. The van der Waals surface area contributed by atoms with Gasteiger partial charge in [-0.3, -0.25) is 4.79 Å². The summed E-state index contributed by atoms with van der Waals surface area (Å²) in [5.74, 6) is 0.00516. The van der Waals surface area contributed by atoms with E-state index in [4.69, 9.17) is 0 Å². The SMILES string of the molecule is CC1(C)SC2[C@@H](Br)C(=O)N2C1O. The third-order valence-electron chi connectivity index (χ3n) is 2.32. The molecule has 3 atom stereocenters. The summed E-state index contributed by atoms with van der Waals surface area (Å²) >= 11 is 4.93. The van der Waals surface area contributed by atoms with E-state index < -0.39 is 6.23 Å². The predicted molar refractivity (Wildman–Crippen MR) is 51.0 cm³/mol. The fourth-order valence-corrected chi connectivity index (χ4v) is 3.77. The quantitative estimate of drug-likeness (QED) is 0.511. The van der Waals surface area contributed by atoms with Gasteiger partial charge in [0.2, 0.25) is 5.91 Å². The third kappa shape index (κ3) is 0.900. The van der Waals surface area contributed by atoms with Crippen molar-refractivity contribution in [1.82, 2.24) is 4.90 Å². The molecule has 2 rings (SSSR count). The third-order valence-corrected chi connectivity index (χ3v) is 5.13. The molecule has 1 amide bonds. The van der Waals surface area contributed by atoms with Gasteiger partial charge in [-0.25, -0.2) is 0 Å². The summed E-state index contributed by atoms with van der Waals surface area (Å²) in [4.78, 5) is 12.7. The highest BCUT2D eigenvalue weighted by Gasteiger charge is 2.60. The van der Waals surface area contributed by atoms with Gasteiger partial charge in [-0.2, -0.15) is 0 Å². The minimum atomic E-state index is -0.631. The molecule has 68 valence electrons. The lowest BCUT2D eigenvalue weighted by Gasteiger charge is -2.40. The number of thioether (sulfide) groups is 1. The Bertz CT molecular complexity index is 246. The number of β-lactam (4-membered cyclic amide) rings is 1. The summed E-state index contributed by atoms with van der Waals surface area (Å²) in [6.07, 6.45) is -0.631. The van der Waals surface area contributed by atoms with E-state index in [1.807, 2.05) is 13.8 Å². The van der Waals surface area contributed by atoms with E-state index in [0.29, 0.717) is 0 Å². The van der Waals surface area contributed by atoms with Crippen molar-refractivity contribution in [3.63, 3.8) is 0 Å². The fraction of sp³-hybridized carbons (Fsp3) is 0.857. The zero-order valence-electron chi connectivity index (χ0n) is 6.82. The Morgan fingerprint density at radius 3 is 2.75 bits per heavy atom. The number of carbonyl (C=O) groups is 1. The van der Waals surface area contributed by atoms with Gasteiger partial charge in [0.1, 0.15) is 16.4 Å². The Kier molecular flexibility index (Phi) is 1.76. The van der Waals surface area contributed by atoms with Crippen LogP contribution in [0.2, 0.25) is 0 Å². The van der Waals surface area contributed by atoms with Gasteiger partial charge >= 0.3 is 0 Å². The summed E-state index contributed by atoms with van der Waals surface area (Å²) in [5.41, 5.74) is 0. The van der Waals surface area contributed by atoms with Crippen molar-refractivity contribution < 1.29 is 9.90 Å². The first-order valence-corrected chi connectivity index (χ1v) is 5.57. The minimum Gasteiger partial charge on any atom is -0.372 e. The second-order valence-electron chi connectivity index (χ2n) is 3.63. The molecular weight excluding hydrogens is 242 g/mol. The molecule has 0 spiro atoms. The van der Waals surface area contributed by atoms with Crippen LogP contribution in [-0.4, -0.2) is 37.1 Å². The number of hydrogen-bond donors (Lipinski definition) is 1. The Labute approximate surface area is 83.6 Å². The molecule has 2 fully saturated rings. The molecule has 0 aromatic heterocycles. The average molecular weight is 252 g/mol. The molecule has 5 heteroatoms. The van der Waals surface area contributed by atoms with Gasteiger partial charge in [0.15, 0.2) is 0 Å². The van der Waals surface area contributed by atoms with E-state index in [2.05, 4.69) is 15.9 Å². The number of fused-ring (bicyclic) bond motifs is 1. The van der Waals surface area contributed by atoms with Crippen LogP contribution in [0.25, 0.3) is 0 Å². The van der Waals surface area contributed by atoms with Crippen LogP contribution in [0.5, 0.6) is 0 Å². The highest BCUT2D eigenvalue weighted by molar-refractivity contribution is 9.10. The molecule has 2 aliphatic rings. The van der Waals surface area contributed by atoms with E-state index >= 15 is 0 Å². The molecule has 0 aromatic carbocycles. The lowest BCUT2D eigenvalue weighted by atomic mass is 10.1. The number of alkyl halides is 1. The van der Waals surface area contributed by atoms with Crippen LogP contribution in [0.15, 0.2) is 0 Å². The molecule has 2 unspecified atom stereocenters. The monoisotopic (exact) mass is 251 g/mol. The Morgan fingerprint density at radius 1 is 1.67 bits per heavy atom. The summed E-state index contributed by atoms with van der Waals surface area (Å²) in [7, 11) is 0. The van der Waals surface area contributed by atoms with E-state index in [9.17, 15) is 9.90 Å². The Balaban J connectivity index is 2.24. The molecule has 0 aliphatic carbocycles. The van der Waals surface area contributed by atoms with Crippen molar-refractivity contribution in [1.29, 1.82) is 0 Å². The van der Waals surface area contributed by atoms with Crippen molar-refractivity contribution in [2.24, 2.45) is 0 Å². The largest absolute Gasteiger partial charge is 0.372 e. The Morgan fingerprint density at radius 2 is 2.25 bits per heavy atom. The topological polar surface area (TPSA) is 40.5 Å².